The molecule has 148 valence electrons. The summed E-state index contributed by atoms with van der Waals surface area (Å²) in [5.74, 6) is 1.68. The van der Waals surface area contributed by atoms with Crippen molar-refractivity contribution >= 4 is 23.0 Å². The van der Waals surface area contributed by atoms with E-state index in [0.29, 0.717) is 17.9 Å². The Hall–Kier alpha value is -2.78. The van der Waals surface area contributed by atoms with Crippen molar-refractivity contribution in [1.82, 2.24) is 19.7 Å². The van der Waals surface area contributed by atoms with Crippen LogP contribution in [0.15, 0.2) is 41.3 Å². The van der Waals surface area contributed by atoms with Gasteiger partial charge in [0.15, 0.2) is 5.82 Å². The fourth-order valence-corrected chi connectivity index (χ4v) is 4.88. The minimum absolute atomic E-state index is 0.590. The highest BCUT2D eigenvalue weighted by molar-refractivity contribution is 8.06. The zero-order valence-corrected chi connectivity index (χ0v) is 17.8. The summed E-state index contributed by atoms with van der Waals surface area (Å²) in [7, 11) is 0. The summed E-state index contributed by atoms with van der Waals surface area (Å²) in [5, 5.41) is 21.9. The standard InChI is InChI=1S/C23H25N5S/c1-4-11-27-20(18-10-9-16(2)17(3)13-18)15-29-23(27)19(14-24)22-26-25-21-8-6-5-7-12-28(21)22/h4,9-10,13,15H,1,5-8,11-12H2,2-3H3/b23-19-. The number of nitrogens with zero attached hydrogens (tertiary/aromatic N) is 5. The van der Waals surface area contributed by atoms with E-state index >= 15 is 0 Å². The second-order valence-corrected chi connectivity index (χ2v) is 8.37. The van der Waals surface area contributed by atoms with Crippen molar-refractivity contribution in [1.29, 1.82) is 5.26 Å². The second kappa shape index (κ2) is 8.30. The molecule has 3 heterocycles. The first-order valence-electron chi connectivity index (χ1n) is 10.0. The van der Waals surface area contributed by atoms with Gasteiger partial charge in [-0.05, 0) is 49.4 Å². The Balaban J connectivity index is 1.78. The normalized spacial score (nSPS) is 18.0. The lowest BCUT2D eigenvalue weighted by atomic mass is 10.0. The van der Waals surface area contributed by atoms with Gasteiger partial charge < -0.3 is 9.47 Å². The summed E-state index contributed by atoms with van der Waals surface area (Å²) < 4.78 is 2.14. The van der Waals surface area contributed by atoms with Gasteiger partial charge in [-0.25, -0.2) is 0 Å². The zero-order valence-electron chi connectivity index (χ0n) is 17.0. The van der Waals surface area contributed by atoms with Crippen molar-refractivity contribution in [3.63, 3.8) is 0 Å². The summed E-state index contributed by atoms with van der Waals surface area (Å²) in [6.45, 7) is 9.69. The number of nitriles is 1. The smallest absolute Gasteiger partial charge is 0.177 e. The number of thioether (sulfide) groups is 1. The van der Waals surface area contributed by atoms with Crippen LogP contribution in [-0.2, 0) is 13.0 Å². The first-order chi connectivity index (χ1) is 14.1. The van der Waals surface area contributed by atoms with Crippen LogP contribution in [-0.4, -0.2) is 26.2 Å². The van der Waals surface area contributed by atoms with Crippen LogP contribution in [0.3, 0.4) is 0 Å². The van der Waals surface area contributed by atoms with E-state index in [1.807, 2.05) is 6.08 Å². The number of aryl methyl sites for hydroxylation is 3. The maximum atomic E-state index is 10.1. The summed E-state index contributed by atoms with van der Waals surface area (Å²) >= 11 is 1.58. The molecule has 4 rings (SSSR count). The molecule has 0 atom stereocenters. The lowest BCUT2D eigenvalue weighted by molar-refractivity contribution is 0.586. The van der Waals surface area contributed by atoms with Crippen LogP contribution in [0.2, 0.25) is 0 Å². The van der Waals surface area contributed by atoms with Gasteiger partial charge in [0.2, 0.25) is 0 Å². The summed E-state index contributed by atoms with van der Waals surface area (Å²) in [6, 6.07) is 8.92. The van der Waals surface area contributed by atoms with Gasteiger partial charge in [-0.1, -0.05) is 36.4 Å². The van der Waals surface area contributed by atoms with Crippen molar-refractivity contribution in [3.05, 3.63) is 69.6 Å². The molecule has 0 radical (unpaired) electrons. The minimum atomic E-state index is 0.590. The van der Waals surface area contributed by atoms with Crippen molar-refractivity contribution in [2.24, 2.45) is 0 Å². The highest BCUT2D eigenvalue weighted by Crippen LogP contribution is 2.43. The molecular weight excluding hydrogens is 378 g/mol. The van der Waals surface area contributed by atoms with E-state index in [9.17, 15) is 5.26 Å². The average molecular weight is 404 g/mol. The number of aromatic nitrogens is 3. The van der Waals surface area contributed by atoms with E-state index in [-0.39, 0.29) is 0 Å². The third-order valence-electron chi connectivity index (χ3n) is 5.59. The molecule has 0 bridgehead atoms. The molecule has 0 N–H and O–H groups in total. The van der Waals surface area contributed by atoms with Crippen LogP contribution < -0.4 is 0 Å². The minimum Gasteiger partial charge on any atom is -0.330 e. The number of rotatable bonds is 4. The topological polar surface area (TPSA) is 57.7 Å². The van der Waals surface area contributed by atoms with E-state index in [1.54, 1.807) is 11.8 Å². The second-order valence-electron chi connectivity index (χ2n) is 7.51. The van der Waals surface area contributed by atoms with Crippen LogP contribution in [0.5, 0.6) is 0 Å². The molecular formula is C23H25N5S. The molecule has 2 aromatic rings. The Morgan fingerprint density at radius 1 is 1.24 bits per heavy atom. The fourth-order valence-electron chi connectivity index (χ4n) is 3.84. The Morgan fingerprint density at radius 3 is 2.86 bits per heavy atom. The molecule has 0 saturated heterocycles. The Kier molecular flexibility index (Phi) is 5.59. The summed E-state index contributed by atoms with van der Waals surface area (Å²) in [5.41, 5.74) is 5.36. The Morgan fingerprint density at radius 2 is 2.10 bits per heavy atom. The third kappa shape index (κ3) is 3.63. The SMILES string of the molecule is C=CCN1C(c2ccc(C)c(C)c2)=CS/C1=C(/C#N)c1nnc2n1CCCCC2. The molecule has 1 aromatic carbocycles. The molecule has 0 amide bonds. The van der Waals surface area contributed by atoms with Gasteiger partial charge in [-0.3, -0.25) is 0 Å². The van der Waals surface area contributed by atoms with Crippen molar-refractivity contribution in [2.45, 2.75) is 46.1 Å². The number of fused-ring (bicyclic) bond motifs is 1. The van der Waals surface area contributed by atoms with E-state index < -0.39 is 0 Å². The van der Waals surface area contributed by atoms with Crippen LogP contribution in [0.1, 0.15) is 47.6 Å². The van der Waals surface area contributed by atoms with Crippen LogP contribution in [0.4, 0.5) is 0 Å². The maximum absolute atomic E-state index is 10.1. The monoisotopic (exact) mass is 403 g/mol. The van der Waals surface area contributed by atoms with E-state index in [2.05, 4.69) is 69.8 Å². The predicted molar refractivity (Wildman–Crippen MR) is 118 cm³/mol. The van der Waals surface area contributed by atoms with E-state index in [4.69, 9.17) is 0 Å². The molecule has 5 nitrogen and oxygen atoms in total. The molecule has 2 aliphatic rings. The third-order valence-corrected chi connectivity index (χ3v) is 6.58. The van der Waals surface area contributed by atoms with E-state index in [1.165, 1.54) is 17.5 Å². The van der Waals surface area contributed by atoms with Gasteiger partial charge >= 0.3 is 0 Å². The number of hydrogen-bond donors (Lipinski definition) is 0. The van der Waals surface area contributed by atoms with Crippen LogP contribution in [0.25, 0.3) is 11.3 Å². The molecule has 0 spiro atoms. The zero-order chi connectivity index (χ0) is 20.4. The highest BCUT2D eigenvalue weighted by atomic mass is 32.2. The lowest BCUT2D eigenvalue weighted by Crippen LogP contribution is -2.19. The van der Waals surface area contributed by atoms with Gasteiger partial charge in [-0.2, -0.15) is 5.26 Å². The van der Waals surface area contributed by atoms with Gasteiger partial charge in [0.1, 0.15) is 22.5 Å². The highest BCUT2D eigenvalue weighted by Gasteiger charge is 2.29. The van der Waals surface area contributed by atoms with Gasteiger partial charge in [0.05, 0.1) is 5.70 Å². The maximum Gasteiger partial charge on any atom is 0.177 e. The molecule has 0 unspecified atom stereocenters. The first kappa shape index (κ1) is 19.5. The molecule has 0 saturated carbocycles. The van der Waals surface area contributed by atoms with Crippen molar-refractivity contribution in [3.8, 4) is 6.07 Å². The van der Waals surface area contributed by atoms with E-state index in [0.717, 1.165) is 47.9 Å². The summed E-state index contributed by atoms with van der Waals surface area (Å²) in [4.78, 5) is 2.17. The first-order valence-corrected chi connectivity index (χ1v) is 10.9. The lowest BCUT2D eigenvalue weighted by Gasteiger charge is -2.23. The van der Waals surface area contributed by atoms with Gasteiger partial charge in [0.25, 0.3) is 0 Å². The van der Waals surface area contributed by atoms with Crippen molar-refractivity contribution in [2.75, 3.05) is 6.54 Å². The quantitative estimate of drug-likeness (QED) is 0.528. The van der Waals surface area contributed by atoms with Crippen molar-refractivity contribution < 1.29 is 0 Å². The predicted octanol–water partition coefficient (Wildman–Crippen LogP) is 5.05. The largest absolute Gasteiger partial charge is 0.330 e. The Bertz CT molecular complexity index is 1050. The molecule has 6 heteroatoms. The molecule has 2 aliphatic heterocycles. The molecule has 0 fully saturated rings. The number of allylic oxidation sites excluding steroid dienone is 1. The fraction of sp³-hybridized carbons (Fsp3) is 0.348. The average Bonchev–Trinajstić information content (AvgIpc) is 3.22. The number of hydrogen-bond acceptors (Lipinski definition) is 5. The molecule has 0 aliphatic carbocycles. The van der Waals surface area contributed by atoms with Gasteiger partial charge in [-0.15, -0.1) is 16.8 Å². The Labute approximate surface area is 176 Å². The van der Waals surface area contributed by atoms with Crippen LogP contribution in [0, 0.1) is 25.2 Å². The van der Waals surface area contributed by atoms with Crippen LogP contribution >= 0.6 is 11.8 Å². The molecule has 1 aromatic heterocycles. The van der Waals surface area contributed by atoms with Gasteiger partial charge in [0, 0.05) is 24.9 Å². The molecule has 29 heavy (non-hydrogen) atoms. The summed E-state index contributed by atoms with van der Waals surface area (Å²) in [6.07, 6.45) is 6.22. The number of benzene rings is 1.